The van der Waals surface area contributed by atoms with Crippen LogP contribution in [0.2, 0.25) is 0 Å². The lowest BCUT2D eigenvalue weighted by molar-refractivity contribution is -0.120. The van der Waals surface area contributed by atoms with Gasteiger partial charge in [-0.25, -0.2) is 4.99 Å². The third-order valence-corrected chi connectivity index (χ3v) is 4.30. The number of aliphatic imine (C=N–C) groups is 1. The van der Waals surface area contributed by atoms with E-state index in [-0.39, 0.29) is 5.91 Å². The van der Waals surface area contributed by atoms with E-state index in [1.165, 1.54) is 0 Å². The molecule has 148 valence electrons. The maximum absolute atomic E-state index is 12.3. The zero-order valence-electron chi connectivity index (χ0n) is 16.1. The van der Waals surface area contributed by atoms with Crippen LogP contribution < -0.4 is 20.1 Å². The quantitative estimate of drug-likeness (QED) is 0.650. The average Bonchev–Trinajstić information content (AvgIpc) is 3.11. The Morgan fingerprint density at radius 2 is 1.86 bits per heavy atom. The Morgan fingerprint density at radius 1 is 1.07 bits per heavy atom. The first kappa shape index (κ1) is 19.7. The number of amides is 1. The molecule has 1 unspecified atom stereocenters. The Labute approximate surface area is 164 Å². The first-order chi connectivity index (χ1) is 13.7. The van der Waals surface area contributed by atoms with E-state index in [2.05, 4.69) is 15.6 Å². The lowest BCUT2D eigenvalue weighted by atomic mass is 10.1. The van der Waals surface area contributed by atoms with Gasteiger partial charge in [0.15, 0.2) is 5.96 Å². The molecule has 1 fully saturated rings. The zero-order chi connectivity index (χ0) is 19.8. The fourth-order valence-electron chi connectivity index (χ4n) is 2.86. The SMILES string of the molecule is CCOCCOc1ccc(C2NC(=NCc3ccccc3OC)NC2=O)cc1. The first-order valence-corrected chi connectivity index (χ1v) is 9.25. The topological polar surface area (TPSA) is 81.2 Å². The van der Waals surface area contributed by atoms with Crippen molar-refractivity contribution in [2.75, 3.05) is 26.9 Å². The highest BCUT2D eigenvalue weighted by Gasteiger charge is 2.29. The molecule has 0 aromatic heterocycles. The van der Waals surface area contributed by atoms with Crippen molar-refractivity contribution in [2.45, 2.75) is 19.5 Å². The summed E-state index contributed by atoms with van der Waals surface area (Å²) >= 11 is 0. The van der Waals surface area contributed by atoms with Crippen LogP contribution in [0.3, 0.4) is 0 Å². The fourth-order valence-corrected chi connectivity index (χ4v) is 2.86. The third-order valence-electron chi connectivity index (χ3n) is 4.30. The number of nitrogens with one attached hydrogen (secondary N) is 2. The van der Waals surface area contributed by atoms with Crippen LogP contribution in [0.15, 0.2) is 53.5 Å². The Bertz CT molecular complexity index is 821. The Hall–Kier alpha value is -3.06. The number of benzene rings is 2. The molecule has 7 heteroatoms. The molecule has 0 radical (unpaired) electrons. The van der Waals surface area contributed by atoms with Crippen molar-refractivity contribution < 1.29 is 19.0 Å². The molecule has 1 heterocycles. The van der Waals surface area contributed by atoms with E-state index in [0.29, 0.717) is 32.3 Å². The summed E-state index contributed by atoms with van der Waals surface area (Å²) in [6.07, 6.45) is 0. The zero-order valence-corrected chi connectivity index (χ0v) is 16.1. The van der Waals surface area contributed by atoms with Crippen LogP contribution in [0.5, 0.6) is 11.5 Å². The van der Waals surface area contributed by atoms with Gasteiger partial charge in [0, 0.05) is 12.2 Å². The Morgan fingerprint density at radius 3 is 2.61 bits per heavy atom. The minimum Gasteiger partial charge on any atom is -0.496 e. The van der Waals surface area contributed by atoms with Gasteiger partial charge in [0.05, 0.1) is 20.3 Å². The fraction of sp³-hybridized carbons (Fsp3) is 0.333. The minimum atomic E-state index is -0.478. The second kappa shape index (κ2) is 9.75. The van der Waals surface area contributed by atoms with Crippen LogP contribution in [-0.4, -0.2) is 38.8 Å². The number of ether oxygens (including phenoxy) is 3. The van der Waals surface area contributed by atoms with E-state index >= 15 is 0 Å². The number of hydrogen-bond donors (Lipinski definition) is 2. The lowest BCUT2D eigenvalue weighted by Crippen LogP contribution is -2.25. The van der Waals surface area contributed by atoms with E-state index in [1.807, 2.05) is 55.5 Å². The minimum absolute atomic E-state index is 0.135. The molecule has 1 aliphatic rings. The molecule has 0 bridgehead atoms. The van der Waals surface area contributed by atoms with Crippen molar-refractivity contribution in [1.82, 2.24) is 10.6 Å². The second-order valence-corrected chi connectivity index (χ2v) is 6.16. The van der Waals surface area contributed by atoms with E-state index < -0.39 is 6.04 Å². The molecular weight excluding hydrogens is 358 g/mol. The number of rotatable bonds is 9. The van der Waals surface area contributed by atoms with Gasteiger partial charge in [-0.05, 0) is 30.7 Å². The highest BCUT2D eigenvalue weighted by atomic mass is 16.5. The van der Waals surface area contributed by atoms with Crippen LogP contribution in [0.1, 0.15) is 24.1 Å². The number of nitrogens with zero attached hydrogens (tertiary/aromatic N) is 1. The van der Waals surface area contributed by atoms with Crippen molar-refractivity contribution in [3.05, 3.63) is 59.7 Å². The number of carbonyl (C=O) groups excluding carboxylic acids is 1. The third kappa shape index (κ3) is 5.01. The van der Waals surface area contributed by atoms with Gasteiger partial charge >= 0.3 is 0 Å². The molecule has 2 aromatic carbocycles. The van der Waals surface area contributed by atoms with E-state index in [0.717, 1.165) is 22.6 Å². The molecule has 3 rings (SSSR count). The molecule has 7 nitrogen and oxygen atoms in total. The van der Waals surface area contributed by atoms with Gasteiger partial charge in [0.25, 0.3) is 5.91 Å². The summed E-state index contributed by atoms with van der Waals surface area (Å²) in [6, 6.07) is 14.6. The summed E-state index contributed by atoms with van der Waals surface area (Å²) in [5.41, 5.74) is 1.79. The van der Waals surface area contributed by atoms with Gasteiger partial charge < -0.3 is 19.5 Å². The summed E-state index contributed by atoms with van der Waals surface area (Å²) in [7, 11) is 1.63. The van der Waals surface area contributed by atoms with Gasteiger partial charge in [-0.3, -0.25) is 10.1 Å². The molecule has 0 saturated carbocycles. The van der Waals surface area contributed by atoms with Crippen LogP contribution in [0.25, 0.3) is 0 Å². The van der Waals surface area contributed by atoms with E-state index in [4.69, 9.17) is 14.2 Å². The van der Waals surface area contributed by atoms with Crippen LogP contribution in [0.4, 0.5) is 0 Å². The van der Waals surface area contributed by atoms with Crippen LogP contribution in [-0.2, 0) is 16.1 Å². The highest BCUT2D eigenvalue weighted by Crippen LogP contribution is 2.21. The average molecular weight is 383 g/mol. The molecule has 1 atom stereocenters. The van der Waals surface area contributed by atoms with Gasteiger partial charge in [0.1, 0.15) is 24.1 Å². The highest BCUT2D eigenvalue weighted by molar-refractivity contribution is 6.06. The number of hydrogen-bond acceptors (Lipinski definition) is 5. The van der Waals surface area contributed by atoms with E-state index in [1.54, 1.807) is 7.11 Å². The predicted molar refractivity (Wildman–Crippen MR) is 107 cm³/mol. The monoisotopic (exact) mass is 383 g/mol. The van der Waals surface area contributed by atoms with E-state index in [9.17, 15) is 4.79 Å². The summed E-state index contributed by atoms with van der Waals surface area (Å²) in [4.78, 5) is 16.8. The van der Waals surface area contributed by atoms with Crippen molar-refractivity contribution in [3.8, 4) is 11.5 Å². The summed E-state index contributed by atoms with van der Waals surface area (Å²) < 4.78 is 16.2. The van der Waals surface area contributed by atoms with Crippen molar-refractivity contribution in [2.24, 2.45) is 4.99 Å². The molecule has 28 heavy (non-hydrogen) atoms. The second-order valence-electron chi connectivity index (χ2n) is 6.16. The van der Waals surface area contributed by atoms with Crippen molar-refractivity contribution in [3.63, 3.8) is 0 Å². The summed E-state index contributed by atoms with van der Waals surface area (Å²) in [5.74, 6) is 1.83. The van der Waals surface area contributed by atoms with Crippen molar-refractivity contribution >= 4 is 11.9 Å². The predicted octanol–water partition coefficient (Wildman–Crippen LogP) is 2.43. The molecular formula is C21H25N3O4. The molecule has 2 N–H and O–H groups in total. The molecule has 1 aliphatic heterocycles. The van der Waals surface area contributed by atoms with Gasteiger partial charge in [0.2, 0.25) is 0 Å². The first-order valence-electron chi connectivity index (χ1n) is 9.25. The smallest absolute Gasteiger partial charge is 0.253 e. The summed E-state index contributed by atoms with van der Waals surface area (Å²) in [6.45, 7) is 4.08. The maximum atomic E-state index is 12.3. The molecule has 1 amide bonds. The Kier molecular flexibility index (Phi) is 6.86. The normalized spacial score (nSPS) is 17.3. The number of guanidine groups is 1. The maximum Gasteiger partial charge on any atom is 0.253 e. The standard InChI is InChI=1S/C21H25N3O4/c1-3-27-12-13-28-17-10-8-15(9-11-17)19-20(25)24-21(23-19)22-14-16-6-4-5-7-18(16)26-2/h4-11,19H,3,12-14H2,1-2H3,(H2,22,23,24,25). The van der Waals surface area contributed by atoms with Gasteiger partial charge in [-0.2, -0.15) is 0 Å². The van der Waals surface area contributed by atoms with Crippen LogP contribution in [0, 0.1) is 0 Å². The molecule has 0 spiro atoms. The molecule has 0 aliphatic carbocycles. The molecule has 1 saturated heterocycles. The van der Waals surface area contributed by atoms with Gasteiger partial charge in [-0.1, -0.05) is 30.3 Å². The largest absolute Gasteiger partial charge is 0.496 e. The Balaban J connectivity index is 1.59. The lowest BCUT2D eigenvalue weighted by Gasteiger charge is -2.10. The summed E-state index contributed by atoms with van der Waals surface area (Å²) in [5, 5.41) is 5.92. The number of para-hydroxylation sites is 1. The molecule has 2 aromatic rings. The van der Waals surface area contributed by atoms with Crippen LogP contribution >= 0.6 is 0 Å². The number of methoxy groups -OCH3 is 1. The van der Waals surface area contributed by atoms with Crippen molar-refractivity contribution in [1.29, 1.82) is 0 Å². The number of carbonyl (C=O) groups is 1. The van der Waals surface area contributed by atoms with Gasteiger partial charge in [-0.15, -0.1) is 0 Å².